The summed E-state index contributed by atoms with van der Waals surface area (Å²) in [7, 11) is 0. The van der Waals surface area contributed by atoms with Crippen molar-refractivity contribution < 1.29 is 9.72 Å². The monoisotopic (exact) mass is 303 g/mol. The van der Waals surface area contributed by atoms with Gasteiger partial charge >= 0.3 is 0 Å². The standard InChI is InChI=1S/C16H21N3O3/c1-4-5-10-18-15(11(2)12(3)16(18)20)17-13-8-6-7-9-14(13)19(21)22/h6-9,15,17H,4-5,10H2,1-3H3. The van der Waals surface area contributed by atoms with Gasteiger partial charge in [-0.05, 0) is 31.9 Å². The zero-order valence-electron chi connectivity index (χ0n) is 13.1. The fourth-order valence-electron chi connectivity index (χ4n) is 2.59. The Morgan fingerprint density at radius 3 is 2.64 bits per heavy atom. The van der Waals surface area contributed by atoms with Crippen LogP contribution in [0.2, 0.25) is 0 Å². The molecule has 1 N–H and O–H groups in total. The van der Waals surface area contributed by atoms with Crippen molar-refractivity contribution in [2.75, 3.05) is 11.9 Å². The number of carbonyl (C=O) groups excluding carboxylic acids is 1. The minimum absolute atomic E-state index is 0.00188. The first kappa shape index (κ1) is 16.0. The molecule has 0 bridgehead atoms. The average Bonchev–Trinajstić information content (AvgIpc) is 2.70. The van der Waals surface area contributed by atoms with Crippen molar-refractivity contribution in [3.8, 4) is 0 Å². The highest BCUT2D eigenvalue weighted by molar-refractivity contribution is 5.97. The van der Waals surface area contributed by atoms with Crippen LogP contribution in [0.3, 0.4) is 0 Å². The van der Waals surface area contributed by atoms with E-state index in [1.54, 1.807) is 30.0 Å². The van der Waals surface area contributed by atoms with E-state index in [1.165, 1.54) is 6.07 Å². The van der Waals surface area contributed by atoms with Gasteiger partial charge < -0.3 is 10.2 Å². The van der Waals surface area contributed by atoms with Gasteiger partial charge in [0.25, 0.3) is 11.6 Å². The SMILES string of the molecule is CCCCN1C(=O)C(C)=C(C)C1Nc1ccccc1[N+](=O)[O-]. The van der Waals surface area contributed by atoms with Gasteiger partial charge in [-0.2, -0.15) is 0 Å². The molecule has 118 valence electrons. The summed E-state index contributed by atoms with van der Waals surface area (Å²) >= 11 is 0. The van der Waals surface area contributed by atoms with Crippen LogP contribution in [0.5, 0.6) is 0 Å². The lowest BCUT2D eigenvalue weighted by Crippen LogP contribution is -2.41. The number of carbonyl (C=O) groups is 1. The van der Waals surface area contributed by atoms with E-state index < -0.39 is 4.92 Å². The third kappa shape index (κ3) is 2.95. The van der Waals surface area contributed by atoms with Gasteiger partial charge in [0.1, 0.15) is 11.9 Å². The molecule has 1 heterocycles. The first-order valence-electron chi connectivity index (χ1n) is 7.45. The number of nitro benzene ring substituents is 1. The molecule has 1 aliphatic heterocycles. The molecule has 1 aliphatic rings. The second kappa shape index (κ2) is 6.60. The topological polar surface area (TPSA) is 75.5 Å². The zero-order chi connectivity index (χ0) is 16.3. The maximum absolute atomic E-state index is 12.3. The molecule has 1 unspecified atom stereocenters. The zero-order valence-corrected chi connectivity index (χ0v) is 13.1. The molecule has 1 amide bonds. The van der Waals surface area contributed by atoms with Gasteiger partial charge in [0.2, 0.25) is 0 Å². The van der Waals surface area contributed by atoms with Gasteiger partial charge in [0.15, 0.2) is 0 Å². The van der Waals surface area contributed by atoms with Gasteiger partial charge in [0, 0.05) is 18.2 Å². The molecule has 0 aliphatic carbocycles. The second-order valence-corrected chi connectivity index (χ2v) is 5.48. The number of hydrogen-bond donors (Lipinski definition) is 1. The van der Waals surface area contributed by atoms with Crippen LogP contribution >= 0.6 is 0 Å². The number of hydrogen-bond acceptors (Lipinski definition) is 4. The Morgan fingerprint density at radius 2 is 2.00 bits per heavy atom. The molecule has 2 rings (SSSR count). The summed E-state index contributed by atoms with van der Waals surface area (Å²) < 4.78 is 0. The Morgan fingerprint density at radius 1 is 1.32 bits per heavy atom. The number of unbranched alkanes of at least 4 members (excludes halogenated alkanes) is 1. The number of rotatable bonds is 6. The van der Waals surface area contributed by atoms with Crippen LogP contribution in [0.15, 0.2) is 35.4 Å². The molecule has 22 heavy (non-hydrogen) atoms. The molecule has 0 aromatic heterocycles. The fourth-order valence-corrected chi connectivity index (χ4v) is 2.59. The van der Waals surface area contributed by atoms with E-state index in [-0.39, 0.29) is 17.8 Å². The predicted octanol–water partition coefficient (Wildman–Crippen LogP) is 3.31. The third-order valence-electron chi connectivity index (χ3n) is 4.04. The Balaban J connectivity index is 2.29. The Labute approximate surface area is 130 Å². The first-order valence-corrected chi connectivity index (χ1v) is 7.45. The van der Waals surface area contributed by atoms with Gasteiger partial charge in [-0.15, -0.1) is 0 Å². The summed E-state index contributed by atoms with van der Waals surface area (Å²) in [6.45, 7) is 6.41. The predicted molar refractivity (Wildman–Crippen MR) is 85.5 cm³/mol. The number of para-hydroxylation sites is 2. The summed E-state index contributed by atoms with van der Waals surface area (Å²) in [6, 6.07) is 6.50. The fraction of sp³-hybridized carbons (Fsp3) is 0.438. The van der Waals surface area contributed by atoms with E-state index in [0.29, 0.717) is 17.8 Å². The van der Waals surface area contributed by atoms with E-state index >= 15 is 0 Å². The van der Waals surface area contributed by atoms with Crippen molar-refractivity contribution in [3.63, 3.8) is 0 Å². The van der Waals surface area contributed by atoms with Crippen molar-refractivity contribution in [2.24, 2.45) is 0 Å². The summed E-state index contributed by atoms with van der Waals surface area (Å²) in [6.07, 6.45) is 1.57. The van der Waals surface area contributed by atoms with Crippen LogP contribution in [-0.2, 0) is 4.79 Å². The molecule has 0 fully saturated rings. The number of anilines is 1. The van der Waals surface area contributed by atoms with E-state index in [1.807, 2.05) is 6.92 Å². The van der Waals surface area contributed by atoms with Gasteiger partial charge in [0.05, 0.1) is 4.92 Å². The van der Waals surface area contributed by atoms with Crippen LogP contribution in [0.1, 0.15) is 33.6 Å². The molecule has 6 heteroatoms. The van der Waals surface area contributed by atoms with E-state index in [2.05, 4.69) is 12.2 Å². The lowest BCUT2D eigenvalue weighted by Gasteiger charge is -2.28. The van der Waals surface area contributed by atoms with Gasteiger partial charge in [-0.3, -0.25) is 14.9 Å². The maximum Gasteiger partial charge on any atom is 0.292 e. The largest absolute Gasteiger partial charge is 0.356 e. The van der Waals surface area contributed by atoms with Crippen molar-refractivity contribution >= 4 is 17.3 Å². The molecule has 1 aromatic carbocycles. The number of benzene rings is 1. The molecular formula is C16H21N3O3. The molecule has 0 saturated heterocycles. The second-order valence-electron chi connectivity index (χ2n) is 5.48. The van der Waals surface area contributed by atoms with Crippen molar-refractivity contribution in [2.45, 2.75) is 39.8 Å². The van der Waals surface area contributed by atoms with Crippen LogP contribution in [0, 0.1) is 10.1 Å². The van der Waals surface area contributed by atoms with E-state index in [4.69, 9.17) is 0 Å². The van der Waals surface area contributed by atoms with Crippen molar-refractivity contribution in [3.05, 3.63) is 45.5 Å². The molecule has 0 radical (unpaired) electrons. The summed E-state index contributed by atoms with van der Waals surface area (Å²) in [5.74, 6) is 0.00188. The highest BCUT2D eigenvalue weighted by Gasteiger charge is 2.35. The Kier molecular flexibility index (Phi) is 4.80. The van der Waals surface area contributed by atoms with E-state index in [0.717, 1.165) is 18.4 Å². The highest BCUT2D eigenvalue weighted by Crippen LogP contribution is 2.30. The summed E-state index contributed by atoms with van der Waals surface area (Å²) in [4.78, 5) is 24.8. The molecular weight excluding hydrogens is 282 g/mol. The minimum Gasteiger partial charge on any atom is -0.356 e. The molecule has 0 saturated carbocycles. The normalized spacial score (nSPS) is 18.0. The minimum atomic E-state index is -0.415. The maximum atomic E-state index is 12.3. The summed E-state index contributed by atoms with van der Waals surface area (Å²) in [5, 5.41) is 14.3. The third-order valence-corrected chi connectivity index (χ3v) is 4.04. The molecule has 0 spiro atoms. The number of amides is 1. The number of nitrogens with zero attached hydrogens (tertiary/aromatic N) is 2. The van der Waals surface area contributed by atoms with Crippen LogP contribution < -0.4 is 5.32 Å². The van der Waals surface area contributed by atoms with Crippen molar-refractivity contribution in [1.82, 2.24) is 4.90 Å². The van der Waals surface area contributed by atoms with Crippen molar-refractivity contribution in [1.29, 1.82) is 0 Å². The van der Waals surface area contributed by atoms with Crippen LogP contribution in [-0.4, -0.2) is 28.4 Å². The first-order chi connectivity index (χ1) is 10.5. The van der Waals surface area contributed by atoms with Gasteiger partial charge in [-0.1, -0.05) is 25.5 Å². The van der Waals surface area contributed by atoms with Gasteiger partial charge in [-0.25, -0.2) is 0 Å². The lowest BCUT2D eigenvalue weighted by atomic mass is 10.1. The smallest absolute Gasteiger partial charge is 0.292 e. The van der Waals surface area contributed by atoms with E-state index in [9.17, 15) is 14.9 Å². The van der Waals surface area contributed by atoms with Crippen LogP contribution in [0.25, 0.3) is 0 Å². The molecule has 1 aromatic rings. The lowest BCUT2D eigenvalue weighted by molar-refractivity contribution is -0.384. The number of nitro groups is 1. The number of nitrogens with one attached hydrogen (secondary N) is 1. The molecule has 6 nitrogen and oxygen atoms in total. The summed E-state index contributed by atoms with van der Waals surface area (Å²) in [5.41, 5.74) is 2.08. The quantitative estimate of drug-likeness (QED) is 0.646. The Bertz CT molecular complexity index is 625. The van der Waals surface area contributed by atoms with Crippen LogP contribution in [0.4, 0.5) is 11.4 Å². The Hall–Kier alpha value is -2.37. The highest BCUT2D eigenvalue weighted by atomic mass is 16.6. The molecule has 1 atom stereocenters. The average molecular weight is 303 g/mol.